The molecule has 0 aliphatic carbocycles. The van der Waals surface area contributed by atoms with Gasteiger partial charge in [-0.05, 0) is 84.0 Å². The summed E-state index contributed by atoms with van der Waals surface area (Å²) in [5, 5.41) is 11.7. The molecule has 0 bridgehead atoms. The van der Waals surface area contributed by atoms with Crippen LogP contribution in [0, 0.1) is 10.8 Å². The molecule has 0 saturated carbocycles. The van der Waals surface area contributed by atoms with Crippen molar-refractivity contribution in [3.05, 3.63) is 90.0 Å². The Morgan fingerprint density at radius 3 is 1.35 bits per heavy atom. The molecule has 4 N–H and O–H groups in total. The van der Waals surface area contributed by atoms with Gasteiger partial charge in [-0.1, -0.05) is 84.0 Å². The molecule has 4 aliphatic rings. The minimum absolute atomic E-state index is 0.197. The fourth-order valence-corrected chi connectivity index (χ4v) is 9.48. The topological polar surface area (TPSA) is 167 Å². The first-order valence-corrected chi connectivity index (χ1v) is 22.3. The van der Waals surface area contributed by atoms with Crippen LogP contribution in [0.3, 0.4) is 0 Å². The zero-order valence-corrected chi connectivity index (χ0v) is 37.5. The van der Waals surface area contributed by atoms with Crippen LogP contribution in [0.25, 0.3) is 0 Å². The second-order valence-electron chi connectivity index (χ2n) is 19.3. The number of likely N-dealkylation sites (tertiary alicyclic amines) is 2. The fourth-order valence-electron chi connectivity index (χ4n) is 9.48. The van der Waals surface area contributed by atoms with Crippen LogP contribution in [0.15, 0.2) is 78.9 Å². The molecule has 0 radical (unpaired) electrons. The summed E-state index contributed by atoms with van der Waals surface area (Å²) in [5.74, 6) is -0.877. The van der Waals surface area contributed by atoms with Crippen molar-refractivity contribution in [1.82, 2.24) is 30.2 Å². The molecular formula is C48H63N9O6. The van der Waals surface area contributed by atoms with E-state index in [0.717, 1.165) is 16.8 Å². The molecule has 1 unspecified atom stereocenters. The van der Waals surface area contributed by atoms with Gasteiger partial charge in [-0.25, -0.2) is 9.59 Å². The number of para-hydroxylation sites is 1. The standard InChI is InChI=1S/C48H63N9O6/c1-47(2,3)39(56-28-24-49-45(56)62)43(60)54-26-10-14-37(54)41(58)51-34-20-16-32(17-21-34)30-53(36-12-8-7-9-13-36)31-33-18-22-35(23-19-33)52-42(59)38-15-11-27-55(38)44(61)40(48(4,5)6)57-29-25-50-46(57)63/h7-9,12-13,16-23,37-40H,10-11,14-15,24-31H2,1-6H3,(H,49,62)(H,50,63)(H,51,58)(H,52,59)/t37-,38?,39+,40+/m0/s1. The Kier molecular flexibility index (Phi) is 13.3. The Labute approximate surface area is 370 Å². The van der Waals surface area contributed by atoms with Gasteiger partial charge < -0.3 is 45.8 Å². The SMILES string of the molecule is CC(C)(C)[C@@H](C(=O)N1CCCC1C(=O)Nc1ccc(CN(Cc2ccc(NC(=O)[C@@H]3CCCN3C(=O)[C@@H](N3CCNC3=O)C(C)(C)C)cc2)c2ccccc2)cc1)N1CCNC1=O. The van der Waals surface area contributed by atoms with Crippen molar-refractivity contribution >= 4 is 52.8 Å². The molecule has 4 atom stereocenters. The summed E-state index contributed by atoms with van der Waals surface area (Å²) in [6, 6.07) is 22.5. The van der Waals surface area contributed by atoms with Crippen LogP contribution in [0.1, 0.15) is 78.4 Å². The summed E-state index contributed by atoms with van der Waals surface area (Å²) in [5.41, 5.74) is 3.34. The molecule has 15 nitrogen and oxygen atoms in total. The molecule has 3 aromatic rings. The highest BCUT2D eigenvalue weighted by Gasteiger charge is 2.48. The molecule has 8 amide bonds. The van der Waals surface area contributed by atoms with Gasteiger partial charge in [0.15, 0.2) is 0 Å². The third-order valence-corrected chi connectivity index (χ3v) is 12.5. The van der Waals surface area contributed by atoms with Crippen molar-refractivity contribution in [2.75, 3.05) is 54.8 Å². The van der Waals surface area contributed by atoms with Crippen LogP contribution >= 0.6 is 0 Å². The second-order valence-corrected chi connectivity index (χ2v) is 19.3. The largest absolute Gasteiger partial charge is 0.363 e. The molecule has 4 heterocycles. The first-order valence-electron chi connectivity index (χ1n) is 22.3. The molecule has 4 fully saturated rings. The molecule has 7 rings (SSSR count). The summed E-state index contributed by atoms with van der Waals surface area (Å²) in [6.45, 7) is 15.7. The van der Waals surface area contributed by atoms with Gasteiger partial charge in [0, 0.05) is 69.4 Å². The molecule has 3 aromatic carbocycles. The monoisotopic (exact) mass is 861 g/mol. The lowest BCUT2D eigenvalue weighted by molar-refractivity contribution is -0.143. The Morgan fingerprint density at radius 1 is 0.603 bits per heavy atom. The van der Waals surface area contributed by atoms with Crippen molar-refractivity contribution in [3.63, 3.8) is 0 Å². The molecule has 15 heteroatoms. The van der Waals surface area contributed by atoms with Crippen molar-refractivity contribution in [2.24, 2.45) is 10.8 Å². The van der Waals surface area contributed by atoms with Gasteiger partial charge in [-0.15, -0.1) is 0 Å². The number of carbonyl (C=O) groups excluding carboxylic acids is 6. The molecular weight excluding hydrogens is 799 g/mol. The Balaban J connectivity index is 0.972. The third kappa shape index (κ3) is 10.2. The number of amides is 8. The minimum atomic E-state index is -0.675. The number of rotatable bonds is 13. The van der Waals surface area contributed by atoms with Crippen LogP contribution in [0.2, 0.25) is 0 Å². The van der Waals surface area contributed by atoms with E-state index in [1.54, 1.807) is 19.6 Å². The van der Waals surface area contributed by atoms with Gasteiger partial charge in [0.25, 0.3) is 0 Å². The summed E-state index contributed by atoms with van der Waals surface area (Å²) < 4.78 is 0. The van der Waals surface area contributed by atoms with E-state index < -0.39 is 35.0 Å². The van der Waals surface area contributed by atoms with Gasteiger partial charge in [-0.2, -0.15) is 0 Å². The number of carbonyl (C=O) groups is 6. The molecule has 0 aromatic heterocycles. The average Bonchev–Trinajstić information content (AvgIpc) is 4.08. The van der Waals surface area contributed by atoms with E-state index in [4.69, 9.17) is 0 Å². The van der Waals surface area contributed by atoms with Crippen LogP contribution in [0.4, 0.5) is 26.7 Å². The van der Waals surface area contributed by atoms with E-state index in [9.17, 15) is 28.8 Å². The first-order chi connectivity index (χ1) is 30.0. The van der Waals surface area contributed by atoms with Gasteiger partial charge in [0.1, 0.15) is 24.2 Å². The van der Waals surface area contributed by atoms with E-state index in [2.05, 4.69) is 38.3 Å². The van der Waals surface area contributed by atoms with Gasteiger partial charge in [0.2, 0.25) is 23.6 Å². The normalized spacial score (nSPS) is 20.0. The quantitative estimate of drug-likeness (QED) is 0.173. The van der Waals surface area contributed by atoms with Crippen molar-refractivity contribution < 1.29 is 28.8 Å². The van der Waals surface area contributed by atoms with Crippen molar-refractivity contribution in [2.45, 2.75) is 104 Å². The second kappa shape index (κ2) is 18.7. The van der Waals surface area contributed by atoms with Crippen molar-refractivity contribution in [3.8, 4) is 0 Å². The molecule has 336 valence electrons. The van der Waals surface area contributed by atoms with E-state index in [-0.39, 0.29) is 35.7 Å². The van der Waals surface area contributed by atoms with Crippen molar-refractivity contribution in [1.29, 1.82) is 0 Å². The Morgan fingerprint density at radius 2 is 1.00 bits per heavy atom. The number of urea groups is 2. The smallest absolute Gasteiger partial charge is 0.318 e. The number of hydrogen-bond acceptors (Lipinski definition) is 7. The maximum absolute atomic E-state index is 14.0. The average molecular weight is 862 g/mol. The lowest BCUT2D eigenvalue weighted by atomic mass is 9.84. The van der Waals surface area contributed by atoms with Crippen LogP contribution in [0.5, 0.6) is 0 Å². The number of anilines is 3. The maximum atomic E-state index is 14.0. The lowest BCUT2D eigenvalue weighted by Crippen LogP contribution is -2.57. The molecule has 4 saturated heterocycles. The van der Waals surface area contributed by atoms with E-state index in [1.807, 2.05) is 108 Å². The zero-order valence-electron chi connectivity index (χ0n) is 37.5. The van der Waals surface area contributed by atoms with E-state index in [1.165, 1.54) is 0 Å². The van der Waals surface area contributed by atoms with Gasteiger partial charge in [-0.3, -0.25) is 19.2 Å². The number of hydrogen-bond donors (Lipinski definition) is 4. The van der Waals surface area contributed by atoms with Crippen LogP contribution < -0.4 is 26.2 Å². The van der Waals surface area contributed by atoms with E-state index >= 15 is 0 Å². The summed E-state index contributed by atoms with van der Waals surface area (Å²) in [7, 11) is 0. The Hall–Kier alpha value is -6.12. The van der Waals surface area contributed by atoms with E-state index in [0.29, 0.717) is 89.4 Å². The summed E-state index contributed by atoms with van der Waals surface area (Å²) >= 11 is 0. The molecule has 63 heavy (non-hydrogen) atoms. The maximum Gasteiger partial charge on any atom is 0.318 e. The van der Waals surface area contributed by atoms with Crippen LogP contribution in [-0.2, 0) is 32.3 Å². The molecule has 0 spiro atoms. The fraction of sp³-hybridized carbons (Fsp3) is 0.500. The molecule has 4 aliphatic heterocycles. The van der Waals surface area contributed by atoms with Gasteiger partial charge in [0.05, 0.1) is 0 Å². The number of benzene rings is 3. The third-order valence-electron chi connectivity index (χ3n) is 12.5. The Bertz CT molecular complexity index is 2020. The predicted molar refractivity (Wildman–Crippen MR) is 243 cm³/mol. The minimum Gasteiger partial charge on any atom is -0.363 e. The number of nitrogens with one attached hydrogen (secondary N) is 4. The summed E-state index contributed by atoms with van der Waals surface area (Å²) in [4.78, 5) is 89.3. The number of nitrogens with zero attached hydrogens (tertiary/aromatic N) is 5. The lowest BCUT2D eigenvalue weighted by Gasteiger charge is -2.39. The zero-order chi connectivity index (χ0) is 45.1. The van der Waals surface area contributed by atoms with Crippen LogP contribution in [-0.4, -0.2) is 119 Å². The highest BCUT2D eigenvalue weighted by molar-refractivity contribution is 6.00. The first kappa shape index (κ1) is 44.9. The highest BCUT2D eigenvalue weighted by Crippen LogP contribution is 2.33. The highest BCUT2D eigenvalue weighted by atomic mass is 16.2. The van der Waals surface area contributed by atoms with Gasteiger partial charge >= 0.3 is 12.1 Å². The predicted octanol–water partition coefficient (Wildman–Crippen LogP) is 5.63. The summed E-state index contributed by atoms with van der Waals surface area (Å²) in [6.07, 6.45) is 2.52.